The average Bonchev–Trinajstić information content (AvgIpc) is 2.90. The Hall–Kier alpha value is -2.04. The van der Waals surface area contributed by atoms with Crippen molar-refractivity contribution >= 4 is 28.1 Å². The van der Waals surface area contributed by atoms with Crippen LogP contribution in [-0.4, -0.2) is 35.1 Å². The van der Waals surface area contributed by atoms with Gasteiger partial charge < -0.3 is 9.88 Å². The van der Waals surface area contributed by atoms with Crippen LogP contribution in [0.2, 0.25) is 0 Å². The molecule has 0 radical (unpaired) electrons. The number of amides is 1. The summed E-state index contributed by atoms with van der Waals surface area (Å²) in [5.74, 6) is 0.272. The van der Waals surface area contributed by atoms with Crippen LogP contribution in [0.1, 0.15) is 31.7 Å². The minimum absolute atomic E-state index is 0.127. The molecule has 0 fully saturated rings. The lowest BCUT2D eigenvalue weighted by Gasteiger charge is -2.20. The maximum atomic E-state index is 12.6. The second-order valence-corrected chi connectivity index (χ2v) is 8.94. The van der Waals surface area contributed by atoms with Crippen molar-refractivity contribution in [3.8, 4) is 0 Å². The van der Waals surface area contributed by atoms with Crippen LogP contribution >= 0.6 is 12.2 Å². The number of carbonyl (C=O) groups is 1. The number of hydrogen-bond donors (Lipinski definition) is 3. The molecule has 0 saturated heterocycles. The number of hydrogen-bond acceptors (Lipinski definition) is 5. The summed E-state index contributed by atoms with van der Waals surface area (Å²) in [4.78, 5) is 12.8. The molecule has 148 valence electrons. The molecule has 0 bridgehead atoms. The second-order valence-electron chi connectivity index (χ2n) is 6.84. The predicted octanol–water partition coefficient (Wildman–Crippen LogP) is 1.80. The molecular weight excluding hydrogens is 386 g/mol. The van der Waals surface area contributed by atoms with Crippen LogP contribution < -0.4 is 10.0 Å². The predicted molar refractivity (Wildman–Crippen MR) is 105 cm³/mol. The Morgan fingerprint density at radius 2 is 1.93 bits per heavy atom. The number of carbonyl (C=O) groups excluding carboxylic acids is 1. The number of rotatable bonds is 8. The largest absolute Gasteiger partial charge is 0.347 e. The molecule has 3 N–H and O–H groups in total. The first kappa shape index (κ1) is 21.3. The summed E-state index contributed by atoms with van der Waals surface area (Å²) in [5, 5.41) is 9.40. The molecule has 1 unspecified atom stereocenters. The van der Waals surface area contributed by atoms with Gasteiger partial charge in [0.1, 0.15) is 6.04 Å². The number of nitrogens with zero attached hydrogens (tertiary/aromatic N) is 2. The van der Waals surface area contributed by atoms with Gasteiger partial charge in [0.15, 0.2) is 10.6 Å². The first-order chi connectivity index (χ1) is 12.6. The standard InChI is InChI=1S/C17H25N5O3S2/c1-11(2)9-14(16(23)18-10-15-19-20-17(26)22(15)4)21-27(24,25)13-7-5-12(3)6-8-13/h5-8,11,14,21H,9-10H2,1-4H3,(H,18,23)(H,20,26). The molecule has 0 saturated carbocycles. The van der Waals surface area contributed by atoms with Crippen molar-refractivity contribution in [2.24, 2.45) is 13.0 Å². The number of nitrogens with one attached hydrogen (secondary N) is 3. The summed E-state index contributed by atoms with van der Waals surface area (Å²) in [6.45, 7) is 5.88. The third-order valence-corrected chi connectivity index (χ3v) is 5.90. The van der Waals surface area contributed by atoms with E-state index in [0.717, 1.165) is 5.56 Å². The minimum Gasteiger partial charge on any atom is -0.347 e. The first-order valence-electron chi connectivity index (χ1n) is 8.57. The fraction of sp³-hybridized carbons (Fsp3) is 0.471. The number of benzene rings is 1. The highest BCUT2D eigenvalue weighted by Crippen LogP contribution is 2.13. The summed E-state index contributed by atoms with van der Waals surface area (Å²) in [7, 11) is -2.07. The molecule has 0 spiro atoms. The van der Waals surface area contributed by atoms with Crippen molar-refractivity contribution in [1.29, 1.82) is 0 Å². The van der Waals surface area contributed by atoms with Crippen LogP contribution in [0.25, 0.3) is 0 Å². The normalized spacial score (nSPS) is 12.9. The number of aromatic nitrogens is 3. The van der Waals surface area contributed by atoms with Crippen molar-refractivity contribution in [3.63, 3.8) is 0 Å². The van der Waals surface area contributed by atoms with Gasteiger partial charge in [-0.05, 0) is 43.6 Å². The third-order valence-electron chi connectivity index (χ3n) is 4.05. The van der Waals surface area contributed by atoms with Gasteiger partial charge >= 0.3 is 0 Å². The van der Waals surface area contributed by atoms with Crippen molar-refractivity contribution < 1.29 is 13.2 Å². The molecule has 1 amide bonds. The van der Waals surface area contributed by atoms with E-state index in [4.69, 9.17) is 12.2 Å². The molecule has 10 heteroatoms. The van der Waals surface area contributed by atoms with Crippen molar-refractivity contribution in [2.75, 3.05) is 0 Å². The molecule has 1 aromatic carbocycles. The van der Waals surface area contributed by atoms with Crippen molar-refractivity contribution in [1.82, 2.24) is 24.8 Å². The van der Waals surface area contributed by atoms with Crippen molar-refractivity contribution in [2.45, 2.75) is 44.7 Å². The highest BCUT2D eigenvalue weighted by Gasteiger charge is 2.26. The van der Waals surface area contributed by atoms with Gasteiger partial charge in [0, 0.05) is 7.05 Å². The number of H-pyrrole nitrogens is 1. The highest BCUT2D eigenvalue weighted by molar-refractivity contribution is 7.89. The van der Waals surface area contributed by atoms with Gasteiger partial charge in [0.05, 0.1) is 11.4 Å². The first-order valence-corrected chi connectivity index (χ1v) is 10.5. The molecule has 1 aromatic heterocycles. The molecular formula is C17H25N5O3S2. The van der Waals surface area contributed by atoms with E-state index in [-0.39, 0.29) is 17.4 Å². The molecule has 0 aliphatic heterocycles. The van der Waals surface area contributed by atoms with Gasteiger partial charge in [0.2, 0.25) is 15.9 Å². The van der Waals surface area contributed by atoms with Crippen molar-refractivity contribution in [3.05, 3.63) is 40.4 Å². The van der Waals surface area contributed by atoms with Gasteiger partial charge in [-0.25, -0.2) is 8.42 Å². The lowest BCUT2D eigenvalue weighted by atomic mass is 10.0. The van der Waals surface area contributed by atoms with E-state index < -0.39 is 22.0 Å². The monoisotopic (exact) mass is 411 g/mol. The Morgan fingerprint density at radius 3 is 2.44 bits per heavy atom. The number of aromatic amines is 1. The number of sulfonamides is 1. The second kappa shape index (κ2) is 8.77. The van der Waals surface area contributed by atoms with Crippen LogP contribution in [0, 0.1) is 17.6 Å². The summed E-state index contributed by atoms with van der Waals surface area (Å²) >= 11 is 5.04. The van der Waals surface area contributed by atoms with E-state index in [2.05, 4.69) is 20.2 Å². The fourth-order valence-corrected chi connectivity index (χ4v) is 3.84. The molecule has 27 heavy (non-hydrogen) atoms. The van der Waals surface area contributed by atoms with Gasteiger partial charge in [-0.3, -0.25) is 9.89 Å². The van der Waals surface area contributed by atoms with Crippen LogP contribution in [-0.2, 0) is 28.4 Å². The Labute approximate surface area is 164 Å². The van der Waals surface area contributed by atoms with E-state index in [9.17, 15) is 13.2 Å². The fourth-order valence-electron chi connectivity index (χ4n) is 2.48. The topological polar surface area (TPSA) is 109 Å². The Morgan fingerprint density at radius 1 is 1.30 bits per heavy atom. The van der Waals surface area contributed by atoms with Crippen LogP contribution in [0.3, 0.4) is 0 Å². The Bertz CT molecular complexity index is 946. The summed E-state index contributed by atoms with van der Waals surface area (Å²) in [6, 6.07) is 5.60. The molecule has 0 aliphatic rings. The van der Waals surface area contributed by atoms with E-state index >= 15 is 0 Å². The molecule has 1 atom stereocenters. The average molecular weight is 412 g/mol. The van der Waals surface area contributed by atoms with Crippen LogP contribution in [0.4, 0.5) is 0 Å². The molecule has 8 nitrogen and oxygen atoms in total. The maximum Gasteiger partial charge on any atom is 0.241 e. The summed E-state index contributed by atoms with van der Waals surface area (Å²) < 4.78 is 29.9. The lowest BCUT2D eigenvalue weighted by Crippen LogP contribution is -2.47. The highest BCUT2D eigenvalue weighted by atomic mass is 32.2. The molecule has 0 aliphatic carbocycles. The quantitative estimate of drug-likeness (QED) is 0.574. The maximum absolute atomic E-state index is 12.6. The van der Waals surface area contributed by atoms with Gasteiger partial charge in [0.25, 0.3) is 0 Å². The van der Waals surface area contributed by atoms with Gasteiger partial charge in [-0.15, -0.1) is 0 Å². The third kappa shape index (κ3) is 5.72. The lowest BCUT2D eigenvalue weighted by molar-refractivity contribution is -0.123. The van der Waals surface area contributed by atoms with Gasteiger partial charge in [-0.1, -0.05) is 31.5 Å². The molecule has 2 rings (SSSR count). The smallest absolute Gasteiger partial charge is 0.241 e. The van der Waals surface area contributed by atoms with Crippen LogP contribution in [0.5, 0.6) is 0 Å². The van der Waals surface area contributed by atoms with E-state index in [0.29, 0.717) is 17.0 Å². The zero-order valence-corrected chi connectivity index (χ0v) is 17.4. The Balaban J connectivity index is 2.13. The zero-order chi connectivity index (χ0) is 20.2. The minimum atomic E-state index is -3.81. The SMILES string of the molecule is Cc1ccc(S(=O)(=O)NC(CC(C)C)C(=O)NCc2n[nH]c(=S)n2C)cc1. The Kier molecular flexibility index (Phi) is 6.90. The summed E-state index contributed by atoms with van der Waals surface area (Å²) in [6.07, 6.45) is 0.371. The molecule has 1 heterocycles. The van der Waals surface area contributed by atoms with Crippen LogP contribution in [0.15, 0.2) is 29.2 Å². The zero-order valence-electron chi connectivity index (χ0n) is 15.8. The van der Waals surface area contributed by atoms with E-state index in [1.54, 1.807) is 23.7 Å². The summed E-state index contributed by atoms with van der Waals surface area (Å²) in [5.41, 5.74) is 0.957. The number of aryl methyl sites for hydroxylation is 1. The van der Waals surface area contributed by atoms with Gasteiger partial charge in [-0.2, -0.15) is 9.82 Å². The molecule has 2 aromatic rings. The van der Waals surface area contributed by atoms with E-state index in [1.165, 1.54) is 12.1 Å². The van der Waals surface area contributed by atoms with E-state index in [1.807, 2.05) is 20.8 Å².